The molecule has 5 heteroatoms. The lowest BCUT2D eigenvalue weighted by molar-refractivity contribution is 0.319. The molecule has 0 fully saturated rings. The van der Waals surface area contributed by atoms with Crippen molar-refractivity contribution in [1.29, 1.82) is 0 Å². The third-order valence-corrected chi connectivity index (χ3v) is 2.72. The minimum Gasteiger partial charge on any atom is -0.410 e. The van der Waals surface area contributed by atoms with Crippen molar-refractivity contribution >= 4 is 40.0 Å². The molecule has 0 aliphatic rings. The predicted octanol–water partition coefficient (Wildman–Crippen LogP) is 3.95. The summed E-state index contributed by atoms with van der Waals surface area (Å²) in [5, 5.41) is 12.5. The molecule has 14 heavy (non-hydrogen) atoms. The number of benzene rings is 1. The summed E-state index contributed by atoms with van der Waals surface area (Å²) in [7, 11) is 0. The first-order valence-electron chi connectivity index (χ1n) is 3.94. The first-order valence-corrected chi connectivity index (χ1v) is 5.08. The van der Waals surface area contributed by atoms with E-state index < -0.39 is 0 Å². The Bertz CT molecular complexity index is 332. The molecule has 2 nitrogen and oxygen atoms in total. The molecule has 0 spiro atoms. The van der Waals surface area contributed by atoms with E-state index in [1.807, 2.05) is 0 Å². The average Bonchev–Trinajstić information content (AvgIpc) is 2.16. The molecule has 1 aromatic carbocycles. The number of halogens is 3. The predicted molar refractivity (Wildman–Crippen MR) is 59.9 cm³/mol. The van der Waals surface area contributed by atoms with Crippen molar-refractivity contribution in [2.45, 2.75) is 12.8 Å². The van der Waals surface area contributed by atoms with Crippen molar-refractivity contribution in [3.63, 3.8) is 0 Å². The molecule has 0 aromatic heterocycles. The van der Waals surface area contributed by atoms with E-state index in [1.165, 1.54) is 0 Å². The number of rotatable bonds is 3. The number of oxime groups is 1. The second-order valence-electron chi connectivity index (χ2n) is 2.68. The summed E-state index contributed by atoms with van der Waals surface area (Å²) in [6.07, 6.45) is 0.975. The molecular weight excluding hydrogens is 244 g/mol. The monoisotopic (exact) mass is 251 g/mol. The molecule has 0 bridgehead atoms. The van der Waals surface area contributed by atoms with Gasteiger partial charge in [-0.15, -0.1) is 0 Å². The zero-order chi connectivity index (χ0) is 10.6. The first kappa shape index (κ1) is 11.6. The van der Waals surface area contributed by atoms with Gasteiger partial charge in [0, 0.05) is 16.5 Å². The van der Waals surface area contributed by atoms with Crippen LogP contribution in [0, 0.1) is 0 Å². The van der Waals surface area contributed by atoms with Gasteiger partial charge in [-0.2, -0.15) is 0 Å². The van der Waals surface area contributed by atoms with E-state index in [0.29, 0.717) is 22.9 Å². The fourth-order valence-corrected chi connectivity index (χ4v) is 1.73. The minimum absolute atomic E-state index is 0.140. The number of hydrogen-bond donors (Lipinski definition) is 1. The molecule has 1 rings (SSSR count). The largest absolute Gasteiger partial charge is 0.410 e. The smallest absolute Gasteiger partial charge is 0.145 e. The number of hydrogen-bond acceptors (Lipinski definition) is 2. The summed E-state index contributed by atoms with van der Waals surface area (Å²) in [5.74, 6) is 0. The molecule has 0 heterocycles. The normalized spacial score (nSPS) is 11.8. The third-order valence-electron chi connectivity index (χ3n) is 1.75. The van der Waals surface area contributed by atoms with Gasteiger partial charge in [0.1, 0.15) is 5.17 Å². The molecule has 0 atom stereocenters. The van der Waals surface area contributed by atoms with Gasteiger partial charge in [0.05, 0.1) is 0 Å². The van der Waals surface area contributed by atoms with Crippen molar-refractivity contribution in [3.8, 4) is 0 Å². The summed E-state index contributed by atoms with van der Waals surface area (Å²) in [4.78, 5) is 0. The lowest BCUT2D eigenvalue weighted by Crippen LogP contribution is -1.94. The van der Waals surface area contributed by atoms with Crippen LogP contribution in [-0.4, -0.2) is 10.4 Å². The van der Waals surface area contributed by atoms with Gasteiger partial charge in [0.15, 0.2) is 0 Å². The SMILES string of the molecule is O/N=C(/Cl)CCc1c(Cl)cccc1Cl. The Balaban J connectivity index is 2.76. The van der Waals surface area contributed by atoms with Gasteiger partial charge in [-0.25, -0.2) is 0 Å². The second-order valence-corrected chi connectivity index (χ2v) is 3.93. The summed E-state index contributed by atoms with van der Waals surface area (Å²) >= 11 is 17.4. The first-order chi connectivity index (χ1) is 6.65. The van der Waals surface area contributed by atoms with Crippen LogP contribution in [0.4, 0.5) is 0 Å². The Morgan fingerprint density at radius 3 is 2.36 bits per heavy atom. The molecule has 0 aliphatic heterocycles. The molecule has 0 amide bonds. The molecular formula is C9H8Cl3NO. The van der Waals surface area contributed by atoms with E-state index in [9.17, 15) is 0 Å². The van der Waals surface area contributed by atoms with Gasteiger partial charge in [0.2, 0.25) is 0 Å². The van der Waals surface area contributed by atoms with E-state index in [2.05, 4.69) is 5.16 Å². The Morgan fingerprint density at radius 1 is 1.29 bits per heavy atom. The van der Waals surface area contributed by atoms with Crippen molar-refractivity contribution in [1.82, 2.24) is 0 Å². The van der Waals surface area contributed by atoms with Crippen LogP contribution in [0.3, 0.4) is 0 Å². The highest BCUT2D eigenvalue weighted by Crippen LogP contribution is 2.25. The lowest BCUT2D eigenvalue weighted by Gasteiger charge is -2.04. The van der Waals surface area contributed by atoms with Crippen LogP contribution in [0.2, 0.25) is 10.0 Å². The lowest BCUT2D eigenvalue weighted by atomic mass is 10.1. The van der Waals surface area contributed by atoms with Gasteiger partial charge in [0.25, 0.3) is 0 Å². The van der Waals surface area contributed by atoms with Crippen LogP contribution in [0.25, 0.3) is 0 Å². The van der Waals surface area contributed by atoms with Gasteiger partial charge in [-0.3, -0.25) is 0 Å². The maximum atomic E-state index is 8.34. The molecule has 1 aromatic rings. The van der Waals surface area contributed by atoms with Gasteiger partial charge in [-0.05, 0) is 24.1 Å². The quantitative estimate of drug-likeness (QED) is 0.493. The molecule has 0 aliphatic carbocycles. The van der Waals surface area contributed by atoms with E-state index in [4.69, 9.17) is 40.0 Å². The Hall–Kier alpha value is -0.440. The molecule has 0 unspecified atom stereocenters. The second kappa shape index (κ2) is 5.44. The zero-order valence-corrected chi connectivity index (χ0v) is 9.44. The molecule has 0 saturated carbocycles. The molecule has 1 N–H and O–H groups in total. The van der Waals surface area contributed by atoms with E-state index in [-0.39, 0.29) is 5.17 Å². The minimum atomic E-state index is 0.140. The van der Waals surface area contributed by atoms with Crippen molar-refractivity contribution in [2.75, 3.05) is 0 Å². The fourth-order valence-electron chi connectivity index (χ4n) is 1.05. The fraction of sp³-hybridized carbons (Fsp3) is 0.222. The van der Waals surface area contributed by atoms with Gasteiger partial charge < -0.3 is 5.21 Å². The van der Waals surface area contributed by atoms with E-state index in [1.54, 1.807) is 18.2 Å². The van der Waals surface area contributed by atoms with Crippen LogP contribution >= 0.6 is 34.8 Å². The van der Waals surface area contributed by atoms with Crippen LogP contribution < -0.4 is 0 Å². The van der Waals surface area contributed by atoms with Gasteiger partial charge >= 0.3 is 0 Å². The highest BCUT2D eigenvalue weighted by Gasteiger charge is 2.06. The highest BCUT2D eigenvalue weighted by atomic mass is 35.5. The van der Waals surface area contributed by atoms with Crippen molar-refractivity contribution in [2.24, 2.45) is 5.16 Å². The van der Waals surface area contributed by atoms with E-state index >= 15 is 0 Å². The van der Waals surface area contributed by atoms with Crippen molar-refractivity contribution in [3.05, 3.63) is 33.8 Å². The standard InChI is InChI=1S/C9H8Cl3NO/c10-7-2-1-3-8(11)6(7)4-5-9(12)13-14/h1-3,14H,4-5H2/b13-9+. The summed E-state index contributed by atoms with van der Waals surface area (Å²) < 4.78 is 0. The Kier molecular flexibility index (Phi) is 4.52. The van der Waals surface area contributed by atoms with Crippen LogP contribution in [0.5, 0.6) is 0 Å². The number of nitrogens with zero attached hydrogens (tertiary/aromatic N) is 1. The Labute approximate surface area is 97.1 Å². The van der Waals surface area contributed by atoms with Crippen LogP contribution in [-0.2, 0) is 6.42 Å². The maximum absolute atomic E-state index is 8.34. The van der Waals surface area contributed by atoms with Crippen LogP contribution in [0.1, 0.15) is 12.0 Å². The zero-order valence-electron chi connectivity index (χ0n) is 7.17. The van der Waals surface area contributed by atoms with Crippen LogP contribution in [0.15, 0.2) is 23.4 Å². The molecule has 0 saturated heterocycles. The average molecular weight is 253 g/mol. The van der Waals surface area contributed by atoms with Crippen molar-refractivity contribution < 1.29 is 5.21 Å². The summed E-state index contributed by atoms with van der Waals surface area (Å²) in [6.45, 7) is 0. The van der Waals surface area contributed by atoms with E-state index in [0.717, 1.165) is 5.56 Å². The topological polar surface area (TPSA) is 32.6 Å². The van der Waals surface area contributed by atoms with Gasteiger partial charge in [-0.1, -0.05) is 46.0 Å². The summed E-state index contributed by atoms with van der Waals surface area (Å²) in [6, 6.07) is 5.29. The molecule has 0 radical (unpaired) electrons. The Morgan fingerprint density at radius 2 is 1.86 bits per heavy atom. The highest BCUT2D eigenvalue weighted by molar-refractivity contribution is 6.65. The summed E-state index contributed by atoms with van der Waals surface area (Å²) in [5.41, 5.74) is 0.817. The maximum Gasteiger partial charge on any atom is 0.145 e. The third kappa shape index (κ3) is 3.05. The molecule has 76 valence electrons.